The van der Waals surface area contributed by atoms with Crippen LogP contribution in [0.5, 0.6) is 11.5 Å². The summed E-state index contributed by atoms with van der Waals surface area (Å²) in [7, 11) is 3.29. The van der Waals surface area contributed by atoms with Gasteiger partial charge in [-0.05, 0) is 29.2 Å². The molecule has 0 saturated heterocycles. The van der Waals surface area contributed by atoms with Gasteiger partial charge in [0.15, 0.2) is 11.5 Å². The maximum absolute atomic E-state index is 9.45. The minimum Gasteiger partial charge on any atom is -0.493 e. The van der Waals surface area contributed by atoms with E-state index in [0.29, 0.717) is 17.9 Å². The number of methoxy groups -OCH3 is 2. The van der Waals surface area contributed by atoms with E-state index in [9.17, 15) is 5.11 Å². The van der Waals surface area contributed by atoms with Crippen LogP contribution in [0.3, 0.4) is 0 Å². The molecule has 0 aliphatic rings. The Kier molecular flexibility index (Phi) is 5.36. The molecule has 0 bridgehead atoms. The predicted octanol–water partition coefficient (Wildman–Crippen LogP) is 4.57. The van der Waals surface area contributed by atoms with Gasteiger partial charge in [-0.1, -0.05) is 60.7 Å². The summed E-state index contributed by atoms with van der Waals surface area (Å²) < 4.78 is 11.4. The smallest absolute Gasteiger partial charge is 0.169 e. The molecule has 0 saturated carbocycles. The summed E-state index contributed by atoms with van der Waals surface area (Å²) in [6, 6.07) is 22.4. The van der Waals surface area contributed by atoms with Crippen LogP contribution in [0.2, 0.25) is 0 Å². The Hall–Kier alpha value is -2.78. The van der Waals surface area contributed by atoms with Gasteiger partial charge in [0.05, 0.1) is 14.2 Å². The summed E-state index contributed by atoms with van der Waals surface area (Å²) in [5.74, 6) is 1.37. The number of benzene rings is 3. The van der Waals surface area contributed by atoms with Gasteiger partial charge < -0.3 is 14.6 Å². The highest BCUT2D eigenvalue weighted by Crippen LogP contribution is 2.47. The van der Waals surface area contributed by atoms with Crippen molar-refractivity contribution in [2.45, 2.75) is 6.42 Å². The molecule has 3 rings (SSSR count). The van der Waals surface area contributed by atoms with Crippen LogP contribution in [0.1, 0.15) is 5.56 Å². The molecule has 0 fully saturated rings. The first-order valence-corrected chi connectivity index (χ1v) is 8.29. The van der Waals surface area contributed by atoms with Crippen molar-refractivity contribution in [2.24, 2.45) is 0 Å². The van der Waals surface area contributed by atoms with Gasteiger partial charge in [-0.25, -0.2) is 0 Å². The van der Waals surface area contributed by atoms with Crippen molar-refractivity contribution in [3.8, 4) is 33.8 Å². The fourth-order valence-electron chi connectivity index (χ4n) is 3.16. The average Bonchev–Trinajstić information content (AvgIpc) is 2.68. The molecule has 3 aromatic carbocycles. The maximum Gasteiger partial charge on any atom is 0.169 e. The lowest BCUT2D eigenvalue weighted by Gasteiger charge is -2.21. The zero-order valence-electron chi connectivity index (χ0n) is 14.5. The summed E-state index contributed by atoms with van der Waals surface area (Å²) in [5.41, 5.74) is 5.15. The molecule has 3 heteroatoms. The van der Waals surface area contributed by atoms with E-state index in [2.05, 4.69) is 30.3 Å². The van der Waals surface area contributed by atoms with Crippen LogP contribution >= 0.6 is 0 Å². The van der Waals surface area contributed by atoms with Crippen molar-refractivity contribution in [3.63, 3.8) is 0 Å². The van der Waals surface area contributed by atoms with Gasteiger partial charge >= 0.3 is 0 Å². The first kappa shape index (κ1) is 17.1. The molecule has 0 amide bonds. The zero-order valence-corrected chi connectivity index (χ0v) is 14.5. The Labute approximate surface area is 148 Å². The molecule has 3 nitrogen and oxygen atoms in total. The van der Waals surface area contributed by atoms with E-state index in [1.807, 2.05) is 36.4 Å². The van der Waals surface area contributed by atoms with Crippen molar-refractivity contribution in [1.29, 1.82) is 0 Å². The second-order valence-electron chi connectivity index (χ2n) is 5.73. The Bertz CT molecular complexity index is 827. The molecular formula is C22H22O3. The molecule has 0 unspecified atom stereocenters. The summed E-state index contributed by atoms with van der Waals surface area (Å²) in [6.07, 6.45) is 0.508. The third-order valence-corrected chi connectivity index (χ3v) is 4.25. The zero-order chi connectivity index (χ0) is 17.6. The topological polar surface area (TPSA) is 38.7 Å². The van der Waals surface area contributed by atoms with E-state index in [0.717, 1.165) is 27.8 Å². The highest BCUT2D eigenvalue weighted by Gasteiger charge is 2.21. The second-order valence-corrected chi connectivity index (χ2v) is 5.73. The van der Waals surface area contributed by atoms with Crippen molar-refractivity contribution in [1.82, 2.24) is 0 Å². The average molecular weight is 334 g/mol. The Balaban J connectivity index is 2.36. The first-order valence-electron chi connectivity index (χ1n) is 8.29. The highest BCUT2D eigenvalue weighted by atomic mass is 16.5. The summed E-state index contributed by atoms with van der Waals surface area (Å²) in [5, 5.41) is 9.45. The lowest BCUT2D eigenvalue weighted by atomic mass is 9.90. The molecule has 0 radical (unpaired) electrons. The largest absolute Gasteiger partial charge is 0.493 e. The third kappa shape index (κ3) is 3.37. The minimum atomic E-state index is 0.0540. The Morgan fingerprint density at radius 2 is 1.32 bits per heavy atom. The molecule has 0 aliphatic carbocycles. The fourth-order valence-corrected chi connectivity index (χ4v) is 3.16. The van der Waals surface area contributed by atoms with Crippen LogP contribution in [0.15, 0.2) is 66.7 Å². The molecule has 128 valence electrons. The van der Waals surface area contributed by atoms with E-state index in [1.54, 1.807) is 14.2 Å². The first-order chi connectivity index (χ1) is 12.3. The second kappa shape index (κ2) is 7.86. The lowest BCUT2D eigenvalue weighted by molar-refractivity contribution is 0.295. The van der Waals surface area contributed by atoms with Crippen molar-refractivity contribution >= 4 is 0 Å². The van der Waals surface area contributed by atoms with Crippen molar-refractivity contribution < 1.29 is 14.6 Å². The third-order valence-electron chi connectivity index (χ3n) is 4.25. The summed E-state index contributed by atoms with van der Waals surface area (Å²) in [6.45, 7) is 0.0540. The molecule has 0 spiro atoms. The van der Waals surface area contributed by atoms with Crippen LogP contribution in [-0.2, 0) is 6.42 Å². The minimum absolute atomic E-state index is 0.0540. The molecule has 0 atom stereocenters. The molecular weight excluding hydrogens is 312 g/mol. The normalized spacial score (nSPS) is 10.5. The Morgan fingerprint density at radius 3 is 1.84 bits per heavy atom. The van der Waals surface area contributed by atoms with Gasteiger partial charge in [0.25, 0.3) is 0 Å². The Morgan fingerprint density at radius 1 is 0.760 bits per heavy atom. The monoisotopic (exact) mass is 334 g/mol. The predicted molar refractivity (Wildman–Crippen MR) is 101 cm³/mol. The SMILES string of the molecule is COc1c(CCO)cc(-c2ccccc2)c(-c2ccccc2)c1OC. The number of aliphatic hydroxyl groups is 1. The molecule has 0 aliphatic heterocycles. The lowest BCUT2D eigenvalue weighted by Crippen LogP contribution is -2.02. The standard InChI is InChI=1S/C22H22O3/c1-24-21-18(13-14-23)15-19(16-9-5-3-6-10-16)20(22(21)25-2)17-11-7-4-8-12-17/h3-12,15,23H,13-14H2,1-2H3. The number of hydrogen-bond acceptors (Lipinski definition) is 3. The van der Waals surface area contributed by atoms with Crippen molar-refractivity contribution in [3.05, 3.63) is 72.3 Å². The fraction of sp³-hybridized carbons (Fsp3) is 0.182. The van der Waals surface area contributed by atoms with Crippen molar-refractivity contribution in [2.75, 3.05) is 20.8 Å². The quantitative estimate of drug-likeness (QED) is 0.717. The van der Waals surface area contributed by atoms with E-state index in [1.165, 1.54) is 0 Å². The van der Waals surface area contributed by atoms with E-state index >= 15 is 0 Å². The van der Waals surface area contributed by atoms with Gasteiger partial charge in [-0.15, -0.1) is 0 Å². The van der Waals surface area contributed by atoms with E-state index < -0.39 is 0 Å². The number of hydrogen-bond donors (Lipinski definition) is 1. The number of aliphatic hydroxyl groups excluding tert-OH is 1. The summed E-state index contributed by atoms with van der Waals surface area (Å²) >= 11 is 0. The maximum atomic E-state index is 9.45. The number of ether oxygens (including phenoxy) is 2. The highest BCUT2D eigenvalue weighted by molar-refractivity contribution is 5.90. The van der Waals surface area contributed by atoms with E-state index in [4.69, 9.17) is 9.47 Å². The van der Waals surface area contributed by atoms with Crippen LogP contribution in [0.4, 0.5) is 0 Å². The van der Waals surface area contributed by atoms with Gasteiger partial charge in [0.1, 0.15) is 0 Å². The molecule has 25 heavy (non-hydrogen) atoms. The molecule has 0 aromatic heterocycles. The van der Waals surface area contributed by atoms with Gasteiger partial charge in [0.2, 0.25) is 0 Å². The molecule has 1 N–H and O–H groups in total. The molecule has 3 aromatic rings. The van der Waals surface area contributed by atoms with Crippen LogP contribution in [-0.4, -0.2) is 25.9 Å². The number of rotatable bonds is 6. The van der Waals surface area contributed by atoms with E-state index in [-0.39, 0.29) is 6.61 Å². The molecule has 0 heterocycles. The summed E-state index contributed by atoms with van der Waals surface area (Å²) in [4.78, 5) is 0. The van der Waals surface area contributed by atoms with Gasteiger partial charge in [-0.3, -0.25) is 0 Å². The van der Waals surface area contributed by atoms with Crippen LogP contribution in [0, 0.1) is 0 Å². The van der Waals surface area contributed by atoms with Crippen LogP contribution in [0.25, 0.3) is 22.3 Å². The van der Waals surface area contributed by atoms with Gasteiger partial charge in [-0.2, -0.15) is 0 Å². The van der Waals surface area contributed by atoms with Crippen LogP contribution < -0.4 is 9.47 Å². The van der Waals surface area contributed by atoms with Gasteiger partial charge in [0, 0.05) is 17.7 Å².